The Bertz CT molecular complexity index is 1330. The number of benzene rings is 2. The van der Waals surface area contributed by atoms with Crippen LogP contribution in [0.5, 0.6) is 0 Å². The van der Waals surface area contributed by atoms with Crippen molar-refractivity contribution in [3.63, 3.8) is 0 Å². The second-order valence-electron chi connectivity index (χ2n) is 11.9. The average molecular weight is 562 g/mol. The van der Waals surface area contributed by atoms with Gasteiger partial charge >= 0.3 is 0 Å². The van der Waals surface area contributed by atoms with Gasteiger partial charge in [0.15, 0.2) is 0 Å². The SMILES string of the molecule is CC1CCCC(NC(=O)C2N(CCc3ccccc3)C(=O)[C@@H]3C(C(=O)Nc4cccc(Cl)c4)[C@@H]4C=CC23O4)C1C. The zero-order chi connectivity index (χ0) is 28.0. The van der Waals surface area contributed by atoms with Gasteiger partial charge in [0.05, 0.1) is 17.9 Å². The molecule has 3 heterocycles. The van der Waals surface area contributed by atoms with E-state index in [1.165, 1.54) is 0 Å². The molecule has 40 heavy (non-hydrogen) atoms. The molecule has 2 N–H and O–H groups in total. The Hall–Kier alpha value is -3.16. The van der Waals surface area contributed by atoms with Gasteiger partial charge in [-0.2, -0.15) is 0 Å². The van der Waals surface area contributed by atoms with E-state index in [0.29, 0.717) is 35.5 Å². The molecular formula is C32H36ClN3O4. The lowest BCUT2D eigenvalue weighted by Crippen LogP contribution is -2.58. The van der Waals surface area contributed by atoms with Gasteiger partial charge in [-0.15, -0.1) is 0 Å². The molecule has 0 radical (unpaired) electrons. The Kier molecular flexibility index (Phi) is 7.21. The number of carbonyl (C=O) groups excluding carboxylic acids is 3. The number of rotatable bonds is 7. The Morgan fingerprint density at radius 2 is 1.88 bits per heavy atom. The van der Waals surface area contributed by atoms with Crippen LogP contribution in [0.1, 0.15) is 38.7 Å². The molecule has 210 valence electrons. The topological polar surface area (TPSA) is 87.7 Å². The largest absolute Gasteiger partial charge is 0.359 e. The fourth-order valence-electron chi connectivity index (χ4n) is 7.24. The normalized spacial score (nSPS) is 34.1. The zero-order valence-corrected chi connectivity index (χ0v) is 23.6. The number of fused-ring (bicyclic) bond motifs is 1. The summed E-state index contributed by atoms with van der Waals surface area (Å²) in [5.41, 5.74) is 0.455. The molecule has 2 saturated heterocycles. The summed E-state index contributed by atoms with van der Waals surface area (Å²) in [6, 6.07) is 16.0. The van der Waals surface area contributed by atoms with Crippen LogP contribution in [0.15, 0.2) is 66.7 Å². The lowest BCUT2D eigenvalue weighted by atomic mass is 9.73. The quantitative estimate of drug-likeness (QED) is 0.483. The van der Waals surface area contributed by atoms with E-state index in [4.69, 9.17) is 16.3 Å². The molecule has 2 bridgehead atoms. The van der Waals surface area contributed by atoms with Crippen molar-refractivity contribution < 1.29 is 19.1 Å². The molecule has 3 aliphatic heterocycles. The van der Waals surface area contributed by atoms with Crippen molar-refractivity contribution in [1.29, 1.82) is 0 Å². The van der Waals surface area contributed by atoms with Crippen molar-refractivity contribution >= 4 is 35.0 Å². The van der Waals surface area contributed by atoms with Crippen LogP contribution < -0.4 is 10.6 Å². The molecule has 2 aromatic rings. The second-order valence-corrected chi connectivity index (χ2v) is 12.3. The third-order valence-corrected chi connectivity index (χ3v) is 9.77. The third kappa shape index (κ3) is 4.63. The van der Waals surface area contributed by atoms with Gasteiger partial charge in [-0.05, 0) is 48.4 Å². The van der Waals surface area contributed by atoms with Crippen molar-refractivity contribution in [3.8, 4) is 0 Å². The maximum atomic E-state index is 14.2. The first-order valence-corrected chi connectivity index (χ1v) is 14.7. The molecule has 1 spiro atoms. The van der Waals surface area contributed by atoms with Gasteiger partial charge in [-0.1, -0.05) is 86.8 Å². The minimum atomic E-state index is -1.18. The van der Waals surface area contributed by atoms with E-state index in [1.54, 1.807) is 29.2 Å². The molecule has 0 aromatic heterocycles. The highest BCUT2D eigenvalue weighted by atomic mass is 35.5. The number of hydrogen-bond donors (Lipinski definition) is 2. The lowest BCUT2D eigenvalue weighted by Gasteiger charge is -2.38. The fraction of sp³-hybridized carbons (Fsp3) is 0.469. The summed E-state index contributed by atoms with van der Waals surface area (Å²) in [4.78, 5) is 43.6. The summed E-state index contributed by atoms with van der Waals surface area (Å²) in [5.74, 6) is -1.39. The van der Waals surface area contributed by atoms with Crippen molar-refractivity contribution in [1.82, 2.24) is 10.2 Å². The number of hydrogen-bond acceptors (Lipinski definition) is 4. The Balaban J connectivity index is 1.30. The maximum absolute atomic E-state index is 14.2. The third-order valence-electron chi connectivity index (χ3n) is 9.54. The molecule has 6 rings (SSSR count). The first-order valence-electron chi connectivity index (χ1n) is 14.4. The average Bonchev–Trinajstić information content (AvgIpc) is 3.58. The Morgan fingerprint density at radius 3 is 2.65 bits per heavy atom. The molecule has 2 aromatic carbocycles. The van der Waals surface area contributed by atoms with E-state index in [9.17, 15) is 14.4 Å². The minimum absolute atomic E-state index is 0.0438. The highest BCUT2D eigenvalue weighted by Crippen LogP contribution is 2.55. The van der Waals surface area contributed by atoms with Crippen molar-refractivity contribution in [2.75, 3.05) is 11.9 Å². The molecule has 3 amide bonds. The van der Waals surface area contributed by atoms with Crippen molar-refractivity contribution in [2.45, 2.75) is 63.3 Å². The van der Waals surface area contributed by atoms with Crippen LogP contribution in [0.2, 0.25) is 5.02 Å². The molecule has 1 saturated carbocycles. The van der Waals surface area contributed by atoms with E-state index < -0.39 is 29.6 Å². The number of carbonyl (C=O) groups is 3. The van der Waals surface area contributed by atoms with Gasteiger partial charge in [0.2, 0.25) is 17.7 Å². The number of nitrogens with one attached hydrogen (secondary N) is 2. The predicted molar refractivity (Wildman–Crippen MR) is 154 cm³/mol. The number of halogens is 1. The van der Waals surface area contributed by atoms with Crippen LogP contribution in [0.3, 0.4) is 0 Å². The Labute approximate surface area is 240 Å². The summed E-state index contributed by atoms with van der Waals surface area (Å²) in [7, 11) is 0. The predicted octanol–water partition coefficient (Wildman–Crippen LogP) is 4.61. The van der Waals surface area contributed by atoms with Crippen molar-refractivity contribution in [2.24, 2.45) is 23.7 Å². The van der Waals surface area contributed by atoms with Gasteiger partial charge in [-0.25, -0.2) is 0 Å². The highest BCUT2D eigenvalue weighted by molar-refractivity contribution is 6.30. The smallest absolute Gasteiger partial charge is 0.246 e. The molecule has 6 unspecified atom stereocenters. The summed E-state index contributed by atoms with van der Waals surface area (Å²) in [6.45, 7) is 4.79. The number of ether oxygens (including phenoxy) is 1. The maximum Gasteiger partial charge on any atom is 0.246 e. The molecular weight excluding hydrogens is 526 g/mol. The van der Waals surface area contributed by atoms with E-state index in [1.807, 2.05) is 42.5 Å². The van der Waals surface area contributed by atoms with Gasteiger partial charge in [0, 0.05) is 23.3 Å². The molecule has 8 heteroatoms. The molecule has 4 aliphatic rings. The van der Waals surface area contributed by atoms with Gasteiger partial charge < -0.3 is 20.3 Å². The summed E-state index contributed by atoms with van der Waals surface area (Å²) < 4.78 is 6.48. The van der Waals surface area contributed by atoms with Crippen LogP contribution in [-0.2, 0) is 25.5 Å². The fourth-order valence-corrected chi connectivity index (χ4v) is 7.43. The van der Waals surface area contributed by atoms with Crippen LogP contribution in [0.25, 0.3) is 0 Å². The standard InChI is InChI=1S/C32H36ClN3O4/c1-19-8-6-13-24(20(19)2)35-30(38)28-32-16-14-25(40-32)26(29(37)34-23-12-7-11-22(33)18-23)27(32)31(39)36(28)17-15-21-9-4-3-5-10-21/h3-5,7,9-12,14,16,18-20,24-28H,6,8,13,15,17H2,1-2H3,(H,34,37)(H,35,38)/t19?,20?,24?,25-,26?,27-,28?,32?/m0/s1. The molecule has 7 nitrogen and oxygen atoms in total. The van der Waals surface area contributed by atoms with E-state index in [2.05, 4.69) is 24.5 Å². The molecule has 1 aliphatic carbocycles. The summed E-state index contributed by atoms with van der Waals surface area (Å²) >= 11 is 6.13. The zero-order valence-electron chi connectivity index (χ0n) is 22.9. The lowest BCUT2D eigenvalue weighted by molar-refractivity contribution is -0.141. The van der Waals surface area contributed by atoms with Gasteiger partial charge in [0.25, 0.3) is 0 Å². The van der Waals surface area contributed by atoms with Crippen LogP contribution >= 0.6 is 11.6 Å². The van der Waals surface area contributed by atoms with Gasteiger partial charge in [-0.3, -0.25) is 14.4 Å². The number of nitrogens with zero attached hydrogens (tertiary/aromatic N) is 1. The number of anilines is 1. The molecule has 3 fully saturated rings. The molecule has 8 atom stereocenters. The van der Waals surface area contributed by atoms with E-state index >= 15 is 0 Å². The van der Waals surface area contributed by atoms with Crippen LogP contribution in [0.4, 0.5) is 5.69 Å². The summed E-state index contributed by atoms with van der Waals surface area (Å²) in [6.07, 6.45) is 6.87. The number of likely N-dealkylation sites (tertiary alicyclic amines) is 1. The Morgan fingerprint density at radius 1 is 1.07 bits per heavy atom. The van der Waals surface area contributed by atoms with Crippen LogP contribution in [-0.4, -0.2) is 53.0 Å². The van der Waals surface area contributed by atoms with E-state index in [-0.39, 0.29) is 23.8 Å². The monoisotopic (exact) mass is 561 g/mol. The first-order chi connectivity index (χ1) is 19.3. The van der Waals surface area contributed by atoms with Crippen molar-refractivity contribution in [3.05, 3.63) is 77.3 Å². The number of amides is 3. The minimum Gasteiger partial charge on any atom is -0.359 e. The second kappa shape index (κ2) is 10.7. The van der Waals surface area contributed by atoms with Gasteiger partial charge in [0.1, 0.15) is 11.6 Å². The summed E-state index contributed by atoms with van der Waals surface area (Å²) in [5, 5.41) is 6.74. The van der Waals surface area contributed by atoms with Crippen LogP contribution in [0, 0.1) is 23.7 Å². The van der Waals surface area contributed by atoms with E-state index in [0.717, 1.165) is 24.8 Å². The first kappa shape index (κ1) is 27.0. The highest BCUT2D eigenvalue weighted by Gasteiger charge is 2.72.